The Morgan fingerprint density at radius 3 is 2.80 bits per heavy atom. The van der Waals surface area contributed by atoms with Crippen molar-refractivity contribution < 1.29 is 19.1 Å². The number of likely N-dealkylation sites (tertiary alicyclic amines) is 1. The summed E-state index contributed by atoms with van der Waals surface area (Å²) in [4.78, 5) is 24.3. The van der Waals surface area contributed by atoms with Gasteiger partial charge in [0, 0.05) is 18.5 Å². The summed E-state index contributed by atoms with van der Waals surface area (Å²) in [6.45, 7) is -0.351. The molecule has 0 spiro atoms. The van der Waals surface area contributed by atoms with Gasteiger partial charge in [-0.2, -0.15) is 15.4 Å². The second kappa shape index (κ2) is 4.26. The molecule has 1 saturated heterocycles. The van der Waals surface area contributed by atoms with E-state index in [9.17, 15) is 14.0 Å². The first kappa shape index (κ1) is 12.5. The lowest BCUT2D eigenvalue weighted by molar-refractivity contribution is -0.149. The maximum absolute atomic E-state index is 13.9. The van der Waals surface area contributed by atoms with Gasteiger partial charge in [0.2, 0.25) is 5.67 Å². The fraction of sp³-hybridized carbons (Fsp3) is 0.333. The van der Waals surface area contributed by atoms with E-state index in [4.69, 9.17) is 5.11 Å². The van der Waals surface area contributed by atoms with Crippen LogP contribution in [0, 0.1) is 0 Å². The standard InChI is InChI=1S/C12H11FN4O3/c13-12(11(19)20)3-4-17(6-12)10(18)7-1-2-8-9(5-7)15-16-14-8/h1-2,5H,3-4,6H2,(H,19,20)(H,14,15,16). The van der Waals surface area contributed by atoms with Crippen molar-refractivity contribution in [1.29, 1.82) is 0 Å². The summed E-state index contributed by atoms with van der Waals surface area (Å²) in [5.41, 5.74) is -0.873. The third-order valence-electron chi connectivity index (χ3n) is 3.45. The van der Waals surface area contributed by atoms with E-state index in [0.29, 0.717) is 16.6 Å². The molecule has 2 aromatic rings. The van der Waals surface area contributed by atoms with Crippen LogP contribution in [0.3, 0.4) is 0 Å². The van der Waals surface area contributed by atoms with E-state index in [1.54, 1.807) is 18.2 Å². The summed E-state index contributed by atoms with van der Waals surface area (Å²) in [5.74, 6) is -1.93. The first-order valence-corrected chi connectivity index (χ1v) is 6.02. The van der Waals surface area contributed by atoms with Crippen LogP contribution >= 0.6 is 0 Å². The molecule has 7 nitrogen and oxygen atoms in total. The van der Waals surface area contributed by atoms with Gasteiger partial charge in [-0.25, -0.2) is 9.18 Å². The van der Waals surface area contributed by atoms with Crippen LogP contribution < -0.4 is 0 Å². The summed E-state index contributed by atoms with van der Waals surface area (Å²) in [6.07, 6.45) is -0.194. The lowest BCUT2D eigenvalue weighted by Gasteiger charge is -2.17. The third kappa shape index (κ3) is 1.89. The van der Waals surface area contributed by atoms with Gasteiger partial charge >= 0.3 is 5.97 Å². The maximum atomic E-state index is 13.9. The Balaban J connectivity index is 1.84. The minimum atomic E-state index is -2.35. The number of carbonyl (C=O) groups is 2. The number of aromatic nitrogens is 3. The van der Waals surface area contributed by atoms with Crippen molar-refractivity contribution in [3.8, 4) is 0 Å². The zero-order valence-electron chi connectivity index (χ0n) is 10.3. The Bertz CT molecular complexity index is 701. The number of carboxylic acid groups (broad SMARTS) is 1. The van der Waals surface area contributed by atoms with Crippen molar-refractivity contribution in [2.75, 3.05) is 13.1 Å². The predicted molar refractivity (Wildman–Crippen MR) is 65.9 cm³/mol. The number of fused-ring (bicyclic) bond motifs is 1. The highest BCUT2D eigenvalue weighted by Crippen LogP contribution is 2.27. The number of nitrogens with one attached hydrogen (secondary N) is 1. The fourth-order valence-electron chi connectivity index (χ4n) is 2.28. The van der Waals surface area contributed by atoms with Gasteiger partial charge in [0.25, 0.3) is 5.91 Å². The van der Waals surface area contributed by atoms with Gasteiger partial charge < -0.3 is 10.0 Å². The second-order valence-corrected chi connectivity index (χ2v) is 4.77. The molecular weight excluding hydrogens is 267 g/mol. The van der Waals surface area contributed by atoms with Crippen molar-refractivity contribution in [2.45, 2.75) is 12.1 Å². The monoisotopic (exact) mass is 278 g/mol. The number of alkyl halides is 1. The van der Waals surface area contributed by atoms with E-state index in [1.165, 1.54) is 4.90 Å². The van der Waals surface area contributed by atoms with E-state index < -0.39 is 24.1 Å². The van der Waals surface area contributed by atoms with Crippen LogP contribution in [0.5, 0.6) is 0 Å². The maximum Gasteiger partial charge on any atom is 0.343 e. The number of nitrogens with zero attached hydrogens (tertiary/aromatic N) is 3. The number of hydrogen-bond acceptors (Lipinski definition) is 4. The third-order valence-corrected chi connectivity index (χ3v) is 3.45. The molecule has 1 aromatic carbocycles. The topological polar surface area (TPSA) is 99.2 Å². The average Bonchev–Trinajstić information content (AvgIpc) is 3.04. The number of carboxylic acids is 1. The van der Waals surface area contributed by atoms with Crippen LogP contribution in [0.2, 0.25) is 0 Å². The van der Waals surface area contributed by atoms with E-state index in [0.717, 1.165) is 0 Å². The van der Waals surface area contributed by atoms with Crippen LogP contribution in [-0.2, 0) is 4.79 Å². The van der Waals surface area contributed by atoms with Gasteiger partial charge in [0.05, 0.1) is 6.54 Å². The lowest BCUT2D eigenvalue weighted by Crippen LogP contribution is -2.38. The molecule has 0 bridgehead atoms. The van der Waals surface area contributed by atoms with Crippen LogP contribution in [0.4, 0.5) is 4.39 Å². The molecule has 0 radical (unpaired) electrons. The van der Waals surface area contributed by atoms with Gasteiger partial charge in [0.15, 0.2) is 0 Å². The lowest BCUT2D eigenvalue weighted by atomic mass is 10.1. The highest BCUT2D eigenvalue weighted by atomic mass is 19.1. The van der Waals surface area contributed by atoms with E-state index in [1.807, 2.05) is 0 Å². The Kier molecular flexibility index (Phi) is 2.66. The summed E-state index contributed by atoms with van der Waals surface area (Å²) in [6, 6.07) is 4.73. The summed E-state index contributed by atoms with van der Waals surface area (Å²) in [7, 11) is 0. The normalized spacial score (nSPS) is 22.4. The molecule has 0 saturated carbocycles. The number of halogens is 1. The highest BCUT2D eigenvalue weighted by molar-refractivity contribution is 5.98. The van der Waals surface area contributed by atoms with Gasteiger partial charge in [-0.3, -0.25) is 4.79 Å². The number of H-pyrrole nitrogens is 1. The number of benzene rings is 1. The molecule has 104 valence electrons. The van der Waals surface area contributed by atoms with Crippen molar-refractivity contribution >= 4 is 22.9 Å². The molecule has 2 N–H and O–H groups in total. The Labute approximate surface area is 112 Å². The molecule has 2 heterocycles. The first-order valence-electron chi connectivity index (χ1n) is 6.02. The molecule has 20 heavy (non-hydrogen) atoms. The summed E-state index contributed by atoms with van der Waals surface area (Å²) >= 11 is 0. The van der Waals surface area contributed by atoms with Gasteiger partial charge in [-0.05, 0) is 18.2 Å². The molecule has 1 amide bonds. The van der Waals surface area contributed by atoms with Crippen molar-refractivity contribution in [3.63, 3.8) is 0 Å². The minimum absolute atomic E-state index is 0.0818. The molecule has 3 rings (SSSR count). The van der Waals surface area contributed by atoms with Crippen LogP contribution in [-0.4, -0.2) is 56.1 Å². The number of amides is 1. The van der Waals surface area contributed by atoms with E-state index >= 15 is 0 Å². The summed E-state index contributed by atoms with van der Waals surface area (Å²) in [5, 5.41) is 19.0. The van der Waals surface area contributed by atoms with Gasteiger partial charge in [0.1, 0.15) is 11.0 Å². The van der Waals surface area contributed by atoms with E-state index in [2.05, 4.69) is 15.4 Å². The molecule has 1 aromatic heterocycles. The van der Waals surface area contributed by atoms with Crippen LogP contribution in [0.25, 0.3) is 11.0 Å². The Morgan fingerprint density at radius 1 is 1.35 bits per heavy atom. The van der Waals surface area contributed by atoms with Crippen molar-refractivity contribution in [3.05, 3.63) is 23.8 Å². The number of rotatable bonds is 2. The highest BCUT2D eigenvalue weighted by Gasteiger charge is 2.46. The molecule has 1 aliphatic heterocycles. The second-order valence-electron chi connectivity index (χ2n) is 4.77. The zero-order chi connectivity index (χ0) is 14.3. The number of carbonyl (C=O) groups excluding carboxylic acids is 1. The quantitative estimate of drug-likeness (QED) is 0.838. The number of hydrogen-bond donors (Lipinski definition) is 2. The largest absolute Gasteiger partial charge is 0.479 e. The van der Waals surface area contributed by atoms with Crippen molar-refractivity contribution in [2.24, 2.45) is 0 Å². The fourth-order valence-corrected chi connectivity index (χ4v) is 2.28. The Morgan fingerprint density at radius 2 is 2.10 bits per heavy atom. The van der Waals surface area contributed by atoms with Gasteiger partial charge in [-0.1, -0.05) is 0 Å². The average molecular weight is 278 g/mol. The van der Waals surface area contributed by atoms with Crippen molar-refractivity contribution in [1.82, 2.24) is 20.3 Å². The predicted octanol–water partition coefficient (Wildman–Crippen LogP) is 0.597. The van der Waals surface area contributed by atoms with Gasteiger partial charge in [-0.15, -0.1) is 0 Å². The smallest absolute Gasteiger partial charge is 0.343 e. The molecular formula is C12H11FN4O3. The molecule has 1 atom stereocenters. The van der Waals surface area contributed by atoms with E-state index in [-0.39, 0.29) is 13.0 Å². The zero-order valence-corrected chi connectivity index (χ0v) is 10.3. The minimum Gasteiger partial charge on any atom is -0.479 e. The number of aliphatic carboxylic acids is 1. The molecule has 1 unspecified atom stereocenters. The molecule has 1 aliphatic rings. The first-order chi connectivity index (χ1) is 9.49. The molecule has 1 fully saturated rings. The summed E-state index contributed by atoms with van der Waals surface area (Å²) < 4.78 is 13.9. The molecule has 8 heteroatoms. The number of aromatic amines is 1. The van der Waals surface area contributed by atoms with Crippen LogP contribution in [0.15, 0.2) is 18.2 Å². The molecule has 0 aliphatic carbocycles. The SMILES string of the molecule is O=C(c1ccc2n[nH]nc2c1)N1CCC(F)(C(=O)O)C1. The Hall–Kier alpha value is -2.51. The van der Waals surface area contributed by atoms with Crippen LogP contribution in [0.1, 0.15) is 16.8 Å².